The number of ether oxygens (including phenoxy) is 3. The lowest BCUT2D eigenvalue weighted by Crippen LogP contribution is -2.42. The molecule has 0 spiro atoms. The molecule has 2 aromatic rings. The zero-order valence-corrected chi connectivity index (χ0v) is 19.2. The highest BCUT2D eigenvalue weighted by Crippen LogP contribution is 2.36. The van der Waals surface area contributed by atoms with Gasteiger partial charge in [-0.15, -0.1) is 0 Å². The summed E-state index contributed by atoms with van der Waals surface area (Å²) in [4.78, 5) is 38.1. The van der Waals surface area contributed by atoms with Crippen LogP contribution in [-0.2, 0) is 20.9 Å². The summed E-state index contributed by atoms with van der Waals surface area (Å²) in [5.74, 6) is -0.302. The fourth-order valence-corrected chi connectivity index (χ4v) is 4.05. The van der Waals surface area contributed by atoms with Crippen LogP contribution in [0.5, 0.6) is 11.5 Å². The summed E-state index contributed by atoms with van der Waals surface area (Å²) in [6.45, 7) is 3.45. The lowest BCUT2D eigenvalue weighted by atomic mass is 10.1. The number of methoxy groups -OCH3 is 1. The molecule has 0 unspecified atom stereocenters. The van der Waals surface area contributed by atoms with Crippen LogP contribution in [0.25, 0.3) is 6.08 Å². The van der Waals surface area contributed by atoms with Gasteiger partial charge in [-0.05, 0) is 55.4 Å². The van der Waals surface area contributed by atoms with Crippen LogP contribution in [0.4, 0.5) is 4.79 Å². The Balaban J connectivity index is 1.78. The number of carbonyl (C=O) groups excluding carboxylic acids is 3. The van der Waals surface area contributed by atoms with E-state index in [0.717, 1.165) is 22.2 Å². The molecule has 0 N–H and O–H groups in total. The predicted octanol–water partition coefficient (Wildman–Crippen LogP) is 4.13. The first-order chi connectivity index (χ1) is 15.9. The number of esters is 1. The summed E-state index contributed by atoms with van der Waals surface area (Å²) in [6.07, 6.45) is 1.56. The van der Waals surface area contributed by atoms with Crippen LogP contribution in [0.15, 0.2) is 47.4 Å². The summed E-state index contributed by atoms with van der Waals surface area (Å²) in [5, 5.41) is 8.69. The van der Waals surface area contributed by atoms with Gasteiger partial charge in [0.25, 0.3) is 11.1 Å². The van der Waals surface area contributed by atoms with Crippen molar-refractivity contribution in [3.63, 3.8) is 0 Å². The first-order valence-electron chi connectivity index (χ1n) is 10.1. The molecule has 0 saturated carbocycles. The van der Waals surface area contributed by atoms with Gasteiger partial charge in [0.15, 0.2) is 11.5 Å². The molecule has 2 amide bonds. The third-order valence-electron chi connectivity index (χ3n) is 4.84. The fourth-order valence-electron chi connectivity index (χ4n) is 3.14. The number of nitriles is 1. The van der Waals surface area contributed by atoms with Crippen molar-refractivity contribution in [3.8, 4) is 17.6 Å². The monoisotopic (exact) mass is 466 g/mol. The number of amides is 2. The fraction of sp³-hybridized carbons (Fsp3) is 0.250. The van der Waals surface area contributed by atoms with Crippen LogP contribution in [0.1, 0.15) is 30.5 Å². The molecular weight excluding hydrogens is 444 g/mol. The number of benzene rings is 2. The predicted molar refractivity (Wildman–Crippen MR) is 122 cm³/mol. The van der Waals surface area contributed by atoms with E-state index in [1.807, 2.05) is 12.1 Å². The van der Waals surface area contributed by atoms with E-state index in [4.69, 9.17) is 14.2 Å². The third-order valence-corrected chi connectivity index (χ3v) is 5.73. The number of thioether (sulfide) groups is 1. The zero-order chi connectivity index (χ0) is 24.0. The maximum Gasteiger partial charge on any atom is 0.329 e. The molecule has 0 aliphatic carbocycles. The van der Waals surface area contributed by atoms with Crippen molar-refractivity contribution < 1.29 is 28.6 Å². The number of hydrogen-bond donors (Lipinski definition) is 0. The highest BCUT2D eigenvalue weighted by Gasteiger charge is 2.41. The van der Waals surface area contributed by atoms with E-state index >= 15 is 0 Å². The van der Waals surface area contributed by atoms with Crippen molar-refractivity contribution in [1.82, 2.24) is 4.90 Å². The molecular formula is C24H22N2O6S. The number of imide groups is 1. The molecule has 0 bridgehead atoms. The summed E-state index contributed by atoms with van der Waals surface area (Å²) < 4.78 is 16.2. The molecule has 8 nitrogen and oxygen atoms in total. The van der Waals surface area contributed by atoms with Gasteiger partial charge in [-0.25, -0.2) is 4.79 Å². The van der Waals surface area contributed by atoms with Crippen molar-refractivity contribution in [2.24, 2.45) is 0 Å². The maximum atomic E-state index is 12.7. The molecule has 9 heteroatoms. The van der Waals surface area contributed by atoms with Gasteiger partial charge in [-0.1, -0.05) is 24.3 Å². The zero-order valence-electron chi connectivity index (χ0n) is 18.4. The molecule has 2 aromatic carbocycles. The van der Waals surface area contributed by atoms with Gasteiger partial charge in [0.05, 0.1) is 30.3 Å². The summed E-state index contributed by atoms with van der Waals surface area (Å²) >= 11 is 0.758. The Morgan fingerprint density at radius 3 is 2.67 bits per heavy atom. The van der Waals surface area contributed by atoms with Crippen LogP contribution in [0.2, 0.25) is 0 Å². The van der Waals surface area contributed by atoms with Gasteiger partial charge in [-0.3, -0.25) is 14.5 Å². The van der Waals surface area contributed by atoms with Gasteiger partial charge in [-0.2, -0.15) is 5.26 Å². The molecule has 1 heterocycles. The van der Waals surface area contributed by atoms with Crippen molar-refractivity contribution >= 4 is 35.0 Å². The van der Waals surface area contributed by atoms with Crippen LogP contribution >= 0.6 is 11.8 Å². The molecule has 1 aliphatic rings. The molecule has 0 aromatic heterocycles. The van der Waals surface area contributed by atoms with Gasteiger partial charge in [0.2, 0.25) is 0 Å². The minimum absolute atomic E-state index is 0.158. The first kappa shape index (κ1) is 23.9. The summed E-state index contributed by atoms with van der Waals surface area (Å²) in [6, 6.07) is 13.3. The van der Waals surface area contributed by atoms with Crippen LogP contribution in [0, 0.1) is 11.3 Å². The van der Waals surface area contributed by atoms with E-state index in [9.17, 15) is 19.6 Å². The van der Waals surface area contributed by atoms with Gasteiger partial charge >= 0.3 is 5.97 Å². The normalized spacial score (nSPS) is 15.3. The highest BCUT2D eigenvalue weighted by atomic mass is 32.2. The van der Waals surface area contributed by atoms with E-state index in [1.165, 1.54) is 14.0 Å². The SMILES string of the molecule is CCOC(=O)[C@H](C)N1C(=O)S/C(=C/c2ccc(OCc3ccccc3C#N)c(OC)c2)C1=O. The Kier molecular flexibility index (Phi) is 7.74. The Hall–Kier alpha value is -3.77. The molecule has 1 saturated heterocycles. The van der Waals surface area contributed by atoms with Crippen molar-refractivity contribution in [2.75, 3.05) is 13.7 Å². The van der Waals surface area contributed by atoms with Crippen LogP contribution < -0.4 is 9.47 Å². The number of carbonyl (C=O) groups is 3. The van der Waals surface area contributed by atoms with Gasteiger partial charge < -0.3 is 14.2 Å². The van der Waals surface area contributed by atoms with Crippen molar-refractivity contribution in [3.05, 3.63) is 64.1 Å². The maximum absolute atomic E-state index is 12.7. The Labute approximate surface area is 195 Å². The molecule has 0 radical (unpaired) electrons. The topological polar surface area (TPSA) is 106 Å². The largest absolute Gasteiger partial charge is 0.493 e. The average Bonchev–Trinajstić information content (AvgIpc) is 3.10. The van der Waals surface area contributed by atoms with Gasteiger partial charge in [0, 0.05) is 5.56 Å². The van der Waals surface area contributed by atoms with E-state index in [2.05, 4.69) is 6.07 Å². The van der Waals surface area contributed by atoms with Gasteiger partial charge in [0.1, 0.15) is 12.6 Å². The van der Waals surface area contributed by atoms with E-state index in [-0.39, 0.29) is 18.1 Å². The first-order valence-corrected chi connectivity index (χ1v) is 10.9. The second-order valence-electron chi connectivity index (χ2n) is 6.95. The van der Waals surface area contributed by atoms with Crippen LogP contribution in [0.3, 0.4) is 0 Å². The van der Waals surface area contributed by atoms with Crippen molar-refractivity contribution in [2.45, 2.75) is 26.5 Å². The second kappa shape index (κ2) is 10.7. The Morgan fingerprint density at radius 1 is 1.21 bits per heavy atom. The highest BCUT2D eigenvalue weighted by molar-refractivity contribution is 8.18. The number of hydrogen-bond acceptors (Lipinski definition) is 8. The second-order valence-corrected chi connectivity index (χ2v) is 7.94. The minimum atomic E-state index is -1.01. The van der Waals surface area contributed by atoms with E-state index < -0.39 is 23.2 Å². The molecule has 1 fully saturated rings. The van der Waals surface area contributed by atoms with E-state index in [0.29, 0.717) is 22.6 Å². The molecule has 170 valence electrons. The van der Waals surface area contributed by atoms with Crippen molar-refractivity contribution in [1.29, 1.82) is 5.26 Å². The quantitative estimate of drug-likeness (QED) is 0.422. The Morgan fingerprint density at radius 2 is 1.97 bits per heavy atom. The summed E-state index contributed by atoms with van der Waals surface area (Å²) in [5.41, 5.74) is 1.89. The molecule has 1 aliphatic heterocycles. The van der Waals surface area contributed by atoms with Crippen LogP contribution in [-0.4, -0.2) is 41.8 Å². The smallest absolute Gasteiger partial charge is 0.329 e. The van der Waals surface area contributed by atoms with E-state index in [1.54, 1.807) is 43.3 Å². The number of rotatable bonds is 8. The summed E-state index contributed by atoms with van der Waals surface area (Å²) in [7, 11) is 1.49. The minimum Gasteiger partial charge on any atom is -0.493 e. The lowest BCUT2D eigenvalue weighted by molar-refractivity contribution is -0.150. The number of nitrogens with zero attached hydrogens (tertiary/aromatic N) is 2. The molecule has 1 atom stereocenters. The third kappa shape index (κ3) is 5.35. The lowest BCUT2D eigenvalue weighted by Gasteiger charge is -2.19. The molecule has 33 heavy (non-hydrogen) atoms. The average molecular weight is 467 g/mol. The Bertz CT molecular complexity index is 1150. The molecule has 3 rings (SSSR count). The standard InChI is InChI=1S/C24H22N2O6S/c1-4-31-23(28)15(2)26-22(27)21(33-24(26)29)12-16-9-10-19(20(11-16)30-3)32-14-18-8-6-5-7-17(18)13-25/h5-12,15H,4,14H2,1-3H3/b21-12+/t15-/m0/s1.